The van der Waals surface area contributed by atoms with E-state index in [4.69, 9.17) is 9.47 Å². The summed E-state index contributed by atoms with van der Waals surface area (Å²) in [5.74, 6) is -0.948. The number of rotatable bonds is 4. The van der Waals surface area contributed by atoms with Crippen molar-refractivity contribution in [3.63, 3.8) is 0 Å². The van der Waals surface area contributed by atoms with E-state index in [1.54, 1.807) is 24.3 Å². The van der Waals surface area contributed by atoms with Crippen LogP contribution in [0.1, 0.15) is 60.4 Å². The molecule has 1 spiro atoms. The fourth-order valence-electron chi connectivity index (χ4n) is 6.97. The minimum Gasteiger partial charge on any atom is -0.454 e. The lowest BCUT2D eigenvalue weighted by Crippen LogP contribution is -2.54. The normalized spacial score (nSPS) is 26.2. The van der Waals surface area contributed by atoms with Gasteiger partial charge in [-0.3, -0.25) is 0 Å². The van der Waals surface area contributed by atoms with Crippen LogP contribution in [0.15, 0.2) is 103 Å². The Labute approximate surface area is 209 Å². The molecule has 3 aliphatic carbocycles. The third-order valence-electron chi connectivity index (χ3n) is 8.29. The van der Waals surface area contributed by atoms with Crippen molar-refractivity contribution in [3.05, 3.63) is 142 Å². The van der Waals surface area contributed by atoms with Crippen molar-refractivity contribution < 1.29 is 19.1 Å². The molecule has 0 aromatic heterocycles. The number of hydrogen-bond donors (Lipinski definition) is 0. The number of fused-ring (bicyclic) bond motifs is 4. The van der Waals surface area contributed by atoms with Gasteiger partial charge in [0.15, 0.2) is 0 Å². The number of benzene rings is 4. The fourth-order valence-corrected chi connectivity index (χ4v) is 6.97. The first-order valence-electron chi connectivity index (χ1n) is 12.3. The molecule has 176 valence electrons. The van der Waals surface area contributed by atoms with E-state index >= 15 is 0 Å². The van der Waals surface area contributed by atoms with Gasteiger partial charge in [-0.1, -0.05) is 78.9 Å². The van der Waals surface area contributed by atoms with E-state index in [1.165, 1.54) is 27.8 Å². The van der Waals surface area contributed by atoms with Gasteiger partial charge in [-0.05, 0) is 59.0 Å². The molecule has 0 saturated heterocycles. The smallest absolute Gasteiger partial charge is 0.338 e. The Hall–Kier alpha value is -4.18. The van der Waals surface area contributed by atoms with E-state index < -0.39 is 24.1 Å². The molecule has 3 unspecified atom stereocenters. The maximum absolute atomic E-state index is 13.3. The summed E-state index contributed by atoms with van der Waals surface area (Å²) in [5.41, 5.74) is 6.71. The largest absolute Gasteiger partial charge is 0.454 e. The first-order valence-corrected chi connectivity index (χ1v) is 12.3. The van der Waals surface area contributed by atoms with Crippen LogP contribution in [0.2, 0.25) is 0 Å². The highest BCUT2D eigenvalue weighted by Gasteiger charge is 2.76. The Balaban J connectivity index is 1.36. The zero-order valence-electron chi connectivity index (χ0n) is 19.8. The quantitative estimate of drug-likeness (QED) is 0.345. The summed E-state index contributed by atoms with van der Waals surface area (Å²) >= 11 is 0. The van der Waals surface area contributed by atoms with Gasteiger partial charge in [0.05, 0.1) is 11.1 Å². The Morgan fingerprint density at radius 2 is 1.14 bits per heavy atom. The second-order valence-electron chi connectivity index (χ2n) is 9.92. The molecule has 0 amide bonds. The first kappa shape index (κ1) is 21.1. The third kappa shape index (κ3) is 2.64. The topological polar surface area (TPSA) is 52.6 Å². The third-order valence-corrected chi connectivity index (χ3v) is 8.29. The molecular formula is C32H24O4. The van der Waals surface area contributed by atoms with Gasteiger partial charge in [0.1, 0.15) is 12.2 Å². The summed E-state index contributed by atoms with van der Waals surface area (Å²) in [4.78, 5) is 26.6. The Kier molecular flexibility index (Phi) is 4.50. The van der Waals surface area contributed by atoms with Crippen LogP contribution in [-0.2, 0) is 14.9 Å². The molecule has 4 aromatic rings. The monoisotopic (exact) mass is 472 g/mol. The highest BCUT2D eigenvalue weighted by atomic mass is 16.6. The Bertz CT molecular complexity index is 1510. The minimum absolute atomic E-state index is 0.0742. The van der Waals surface area contributed by atoms with E-state index in [0.29, 0.717) is 11.1 Å². The van der Waals surface area contributed by atoms with Crippen LogP contribution in [0.3, 0.4) is 0 Å². The first-order chi connectivity index (χ1) is 17.6. The summed E-state index contributed by atoms with van der Waals surface area (Å²) in [7, 11) is 0. The molecule has 0 radical (unpaired) electrons. The summed E-state index contributed by atoms with van der Waals surface area (Å²) in [6.07, 6.45) is -1.20. The number of carbonyl (C=O) groups excluding carboxylic acids is 2. The molecule has 0 aliphatic heterocycles. The second kappa shape index (κ2) is 7.66. The van der Waals surface area contributed by atoms with Crippen molar-refractivity contribution in [2.75, 3.05) is 0 Å². The van der Waals surface area contributed by atoms with Crippen molar-refractivity contribution in [3.8, 4) is 0 Å². The zero-order valence-corrected chi connectivity index (χ0v) is 19.8. The second-order valence-corrected chi connectivity index (χ2v) is 9.92. The summed E-state index contributed by atoms with van der Waals surface area (Å²) < 4.78 is 12.6. The summed E-state index contributed by atoms with van der Waals surface area (Å²) in [6.45, 7) is 2.10. The number of hydrogen-bond acceptors (Lipinski definition) is 4. The number of esters is 2. The van der Waals surface area contributed by atoms with Gasteiger partial charge >= 0.3 is 11.9 Å². The standard InChI is InChI=1S/C32H24O4/c1-19-11-10-18-24-25(19)27-29(36-31(34)21-14-6-3-7-15-21)28(35-30(33)20-12-4-2-5-13-20)26-22-16-8-9-17-23(22)32(24,26)27/h2-18,26-29H,1H3/t26?,27-,28?,29?,32-/m1/s1. The molecule has 7 rings (SSSR count). The number of carbonyl (C=O) groups is 2. The number of aryl methyl sites for hydroxylation is 1. The van der Waals surface area contributed by atoms with Crippen molar-refractivity contribution >= 4 is 11.9 Å². The van der Waals surface area contributed by atoms with Crippen molar-refractivity contribution in [1.82, 2.24) is 0 Å². The molecule has 0 heterocycles. The maximum Gasteiger partial charge on any atom is 0.338 e. The van der Waals surface area contributed by atoms with Crippen LogP contribution in [0.5, 0.6) is 0 Å². The van der Waals surface area contributed by atoms with Crippen LogP contribution in [0.4, 0.5) is 0 Å². The van der Waals surface area contributed by atoms with E-state index in [-0.39, 0.29) is 17.3 Å². The molecule has 1 saturated carbocycles. The average Bonchev–Trinajstić information content (AvgIpc) is 3.08. The predicted octanol–water partition coefficient (Wildman–Crippen LogP) is 5.94. The fraction of sp³-hybridized carbons (Fsp3) is 0.188. The molecule has 1 fully saturated rings. The number of ether oxygens (including phenoxy) is 2. The van der Waals surface area contributed by atoms with E-state index in [0.717, 1.165) is 0 Å². The van der Waals surface area contributed by atoms with Gasteiger partial charge in [-0.25, -0.2) is 9.59 Å². The molecule has 4 heteroatoms. The predicted molar refractivity (Wildman–Crippen MR) is 135 cm³/mol. The summed E-state index contributed by atoms with van der Waals surface area (Å²) in [6, 6.07) is 32.8. The molecule has 0 bridgehead atoms. The van der Waals surface area contributed by atoms with Gasteiger partial charge in [0, 0.05) is 17.3 Å². The van der Waals surface area contributed by atoms with Crippen LogP contribution in [-0.4, -0.2) is 24.1 Å². The molecule has 4 aromatic carbocycles. The lowest BCUT2D eigenvalue weighted by Gasteiger charge is -2.58. The molecule has 36 heavy (non-hydrogen) atoms. The lowest BCUT2D eigenvalue weighted by atomic mass is 9.43. The van der Waals surface area contributed by atoms with Crippen LogP contribution in [0.25, 0.3) is 0 Å². The SMILES string of the molecule is Cc1cccc2c1[C@@H]1C(OC(=O)c3ccccc3)C(OC(=O)c3ccccc3)C3c4ccccc4[C@@]231. The molecule has 4 nitrogen and oxygen atoms in total. The molecular weight excluding hydrogens is 448 g/mol. The maximum atomic E-state index is 13.3. The molecule has 3 aliphatic rings. The zero-order chi connectivity index (χ0) is 24.4. The van der Waals surface area contributed by atoms with Crippen molar-refractivity contribution in [1.29, 1.82) is 0 Å². The Morgan fingerprint density at radius 1 is 0.611 bits per heavy atom. The highest BCUT2D eigenvalue weighted by Crippen LogP contribution is 2.76. The highest BCUT2D eigenvalue weighted by molar-refractivity contribution is 5.91. The molecule has 0 N–H and O–H groups in total. The Morgan fingerprint density at radius 3 is 1.78 bits per heavy atom. The molecule has 5 atom stereocenters. The minimum atomic E-state index is -0.601. The van der Waals surface area contributed by atoms with E-state index in [9.17, 15) is 9.59 Å². The average molecular weight is 473 g/mol. The van der Waals surface area contributed by atoms with E-state index in [1.807, 2.05) is 42.5 Å². The van der Waals surface area contributed by atoms with Gasteiger partial charge in [-0.15, -0.1) is 0 Å². The van der Waals surface area contributed by atoms with Crippen LogP contribution >= 0.6 is 0 Å². The van der Waals surface area contributed by atoms with E-state index in [2.05, 4.69) is 43.3 Å². The lowest BCUT2D eigenvalue weighted by molar-refractivity contribution is -0.0318. The van der Waals surface area contributed by atoms with Gasteiger partial charge < -0.3 is 9.47 Å². The van der Waals surface area contributed by atoms with Crippen molar-refractivity contribution in [2.45, 2.75) is 36.4 Å². The van der Waals surface area contributed by atoms with Gasteiger partial charge in [0.25, 0.3) is 0 Å². The van der Waals surface area contributed by atoms with Crippen LogP contribution in [0, 0.1) is 6.92 Å². The summed E-state index contributed by atoms with van der Waals surface area (Å²) in [5, 5.41) is 0. The van der Waals surface area contributed by atoms with Crippen LogP contribution < -0.4 is 0 Å². The van der Waals surface area contributed by atoms with Crippen molar-refractivity contribution in [2.24, 2.45) is 0 Å². The van der Waals surface area contributed by atoms with Gasteiger partial charge in [-0.2, -0.15) is 0 Å². The van der Waals surface area contributed by atoms with Gasteiger partial charge in [0.2, 0.25) is 0 Å².